The van der Waals surface area contributed by atoms with Gasteiger partial charge in [-0.25, -0.2) is 0 Å². The molecule has 7 heteroatoms. The Morgan fingerprint density at radius 2 is 1.67 bits per heavy atom. The minimum absolute atomic E-state index is 0.179. The number of nitrogens with zero attached hydrogens (tertiary/aromatic N) is 1. The summed E-state index contributed by atoms with van der Waals surface area (Å²) in [6, 6.07) is 12.8. The van der Waals surface area contributed by atoms with E-state index in [1.54, 1.807) is 24.3 Å². The molecule has 0 saturated heterocycles. The molecule has 0 aromatic heterocycles. The molecule has 1 N–H and O–H groups in total. The van der Waals surface area contributed by atoms with Gasteiger partial charge in [0, 0.05) is 11.4 Å². The SMILES string of the molecule is N#Cc1ccc(Nc2ccc(OC(F)(F)F)c(Br)c2)cc1. The number of hydrogen-bond acceptors (Lipinski definition) is 3. The third-order valence-corrected chi connectivity index (χ3v) is 3.08. The van der Waals surface area contributed by atoms with Gasteiger partial charge in [0.25, 0.3) is 0 Å². The summed E-state index contributed by atoms with van der Waals surface area (Å²) in [5.74, 6) is -0.312. The highest BCUT2D eigenvalue weighted by atomic mass is 79.9. The Morgan fingerprint density at radius 3 is 2.19 bits per heavy atom. The fourth-order valence-electron chi connectivity index (χ4n) is 1.58. The third kappa shape index (κ3) is 4.39. The zero-order chi connectivity index (χ0) is 15.5. The van der Waals surface area contributed by atoms with E-state index in [1.165, 1.54) is 18.2 Å². The lowest BCUT2D eigenvalue weighted by molar-refractivity contribution is -0.274. The van der Waals surface area contributed by atoms with Crippen molar-refractivity contribution >= 4 is 27.3 Å². The third-order valence-electron chi connectivity index (χ3n) is 2.46. The summed E-state index contributed by atoms with van der Waals surface area (Å²) < 4.78 is 40.5. The van der Waals surface area contributed by atoms with Gasteiger partial charge in [-0.05, 0) is 58.4 Å². The molecule has 0 amide bonds. The number of benzene rings is 2. The first-order valence-electron chi connectivity index (χ1n) is 5.70. The number of halogens is 4. The molecule has 108 valence electrons. The minimum Gasteiger partial charge on any atom is -0.405 e. The van der Waals surface area contributed by atoms with Gasteiger partial charge in [-0.1, -0.05) is 0 Å². The number of rotatable bonds is 3. The maximum absolute atomic E-state index is 12.2. The molecular formula is C14H8BrF3N2O. The second-order valence-corrected chi connectivity index (χ2v) is 4.86. The molecule has 3 nitrogen and oxygen atoms in total. The summed E-state index contributed by atoms with van der Waals surface area (Å²) in [7, 11) is 0. The van der Waals surface area contributed by atoms with Crippen molar-refractivity contribution in [2.45, 2.75) is 6.36 Å². The van der Waals surface area contributed by atoms with Crippen LogP contribution < -0.4 is 10.1 Å². The molecular weight excluding hydrogens is 349 g/mol. The van der Waals surface area contributed by atoms with E-state index in [9.17, 15) is 13.2 Å². The van der Waals surface area contributed by atoms with Crippen molar-refractivity contribution in [2.24, 2.45) is 0 Å². The van der Waals surface area contributed by atoms with Crippen molar-refractivity contribution in [3.05, 3.63) is 52.5 Å². The first-order chi connectivity index (χ1) is 9.87. The normalized spacial score (nSPS) is 10.8. The van der Waals surface area contributed by atoms with Crippen LogP contribution in [0.3, 0.4) is 0 Å². The number of anilines is 2. The Labute approximate surface area is 127 Å². The summed E-state index contributed by atoms with van der Waals surface area (Å²) >= 11 is 3.03. The van der Waals surface area contributed by atoms with E-state index in [1.807, 2.05) is 6.07 Å². The highest BCUT2D eigenvalue weighted by molar-refractivity contribution is 9.10. The van der Waals surface area contributed by atoms with E-state index in [2.05, 4.69) is 26.0 Å². The summed E-state index contributed by atoms with van der Waals surface area (Å²) in [4.78, 5) is 0. The lowest BCUT2D eigenvalue weighted by Gasteiger charge is -2.12. The maximum Gasteiger partial charge on any atom is 0.573 e. The maximum atomic E-state index is 12.2. The Kier molecular flexibility index (Phi) is 4.38. The largest absolute Gasteiger partial charge is 0.573 e. The van der Waals surface area contributed by atoms with Crippen LogP contribution in [-0.4, -0.2) is 6.36 Å². The van der Waals surface area contributed by atoms with Crippen LogP contribution in [0.4, 0.5) is 24.5 Å². The molecule has 0 aliphatic carbocycles. The molecule has 0 saturated carbocycles. The van der Waals surface area contributed by atoms with E-state index >= 15 is 0 Å². The smallest absolute Gasteiger partial charge is 0.405 e. The summed E-state index contributed by atoms with van der Waals surface area (Å²) in [6.07, 6.45) is -4.73. The molecule has 0 aliphatic rings. The molecule has 2 aromatic rings. The van der Waals surface area contributed by atoms with E-state index in [0.717, 1.165) is 0 Å². The Hall–Kier alpha value is -2.20. The van der Waals surface area contributed by atoms with Crippen LogP contribution in [0.25, 0.3) is 0 Å². The van der Waals surface area contributed by atoms with Crippen LogP contribution in [0.1, 0.15) is 5.56 Å². The zero-order valence-electron chi connectivity index (χ0n) is 10.4. The molecule has 0 spiro atoms. The molecule has 2 aromatic carbocycles. The Bertz CT molecular complexity index is 678. The summed E-state index contributed by atoms with van der Waals surface area (Å²) in [5, 5.41) is 11.7. The fraction of sp³-hybridized carbons (Fsp3) is 0.0714. The predicted octanol–water partition coefficient (Wildman–Crippen LogP) is 4.96. The van der Waals surface area contributed by atoms with Crippen molar-refractivity contribution in [1.29, 1.82) is 5.26 Å². The first kappa shape index (κ1) is 15.2. The number of nitriles is 1. The molecule has 0 bridgehead atoms. The highest BCUT2D eigenvalue weighted by Crippen LogP contribution is 2.33. The van der Waals surface area contributed by atoms with Crippen molar-refractivity contribution in [2.75, 3.05) is 5.32 Å². The van der Waals surface area contributed by atoms with E-state index in [-0.39, 0.29) is 10.2 Å². The zero-order valence-corrected chi connectivity index (χ0v) is 12.0. The van der Waals surface area contributed by atoms with Crippen LogP contribution in [0.15, 0.2) is 46.9 Å². The van der Waals surface area contributed by atoms with Gasteiger partial charge in [0.05, 0.1) is 16.1 Å². The van der Waals surface area contributed by atoms with Crippen molar-refractivity contribution in [1.82, 2.24) is 0 Å². The van der Waals surface area contributed by atoms with Crippen LogP contribution >= 0.6 is 15.9 Å². The predicted molar refractivity (Wildman–Crippen MR) is 75.3 cm³/mol. The van der Waals surface area contributed by atoms with Gasteiger partial charge in [0.15, 0.2) is 0 Å². The van der Waals surface area contributed by atoms with Gasteiger partial charge in [0.1, 0.15) is 5.75 Å². The number of hydrogen-bond donors (Lipinski definition) is 1. The molecule has 0 fully saturated rings. The van der Waals surface area contributed by atoms with Crippen LogP contribution in [0.2, 0.25) is 0 Å². The van der Waals surface area contributed by atoms with E-state index in [4.69, 9.17) is 5.26 Å². The van der Waals surface area contributed by atoms with Crippen LogP contribution in [0.5, 0.6) is 5.75 Å². The van der Waals surface area contributed by atoms with Crippen molar-refractivity contribution < 1.29 is 17.9 Å². The lowest BCUT2D eigenvalue weighted by Crippen LogP contribution is -2.17. The van der Waals surface area contributed by atoms with Gasteiger partial charge in [-0.3, -0.25) is 0 Å². The van der Waals surface area contributed by atoms with E-state index < -0.39 is 6.36 Å². The Morgan fingerprint density at radius 1 is 1.05 bits per heavy atom. The van der Waals surface area contributed by atoms with Gasteiger partial charge in [-0.2, -0.15) is 5.26 Å². The van der Waals surface area contributed by atoms with Gasteiger partial charge in [0.2, 0.25) is 0 Å². The molecule has 0 unspecified atom stereocenters. The van der Waals surface area contributed by atoms with Crippen molar-refractivity contribution in [3.8, 4) is 11.8 Å². The molecule has 2 rings (SSSR count). The van der Waals surface area contributed by atoms with Gasteiger partial charge < -0.3 is 10.1 Å². The molecule has 0 atom stereocenters. The lowest BCUT2D eigenvalue weighted by atomic mass is 10.2. The second kappa shape index (κ2) is 6.06. The minimum atomic E-state index is -4.73. The standard InChI is InChI=1S/C14H8BrF3N2O/c15-12-7-11(5-6-13(12)21-14(16,17)18)20-10-3-1-9(8-19)2-4-10/h1-7,20H. The number of alkyl halides is 3. The average molecular weight is 357 g/mol. The fourth-order valence-corrected chi connectivity index (χ4v) is 2.04. The molecule has 0 radical (unpaired) electrons. The molecule has 21 heavy (non-hydrogen) atoms. The summed E-state index contributed by atoms with van der Waals surface area (Å²) in [6.45, 7) is 0. The first-order valence-corrected chi connectivity index (χ1v) is 6.49. The van der Waals surface area contributed by atoms with Gasteiger partial charge >= 0.3 is 6.36 Å². The summed E-state index contributed by atoms with van der Waals surface area (Å²) in [5.41, 5.74) is 1.82. The van der Waals surface area contributed by atoms with Crippen molar-refractivity contribution in [3.63, 3.8) is 0 Å². The average Bonchev–Trinajstić information content (AvgIpc) is 2.41. The molecule has 0 aliphatic heterocycles. The number of nitrogens with one attached hydrogen (secondary N) is 1. The quantitative estimate of drug-likeness (QED) is 0.844. The topological polar surface area (TPSA) is 45.0 Å². The highest BCUT2D eigenvalue weighted by Gasteiger charge is 2.31. The van der Waals surface area contributed by atoms with Gasteiger partial charge in [-0.15, -0.1) is 13.2 Å². The van der Waals surface area contributed by atoms with E-state index in [0.29, 0.717) is 16.9 Å². The Balaban J connectivity index is 2.14. The second-order valence-electron chi connectivity index (χ2n) is 4.01. The number of ether oxygens (including phenoxy) is 1. The monoisotopic (exact) mass is 356 g/mol. The molecule has 0 heterocycles. The van der Waals surface area contributed by atoms with Crippen LogP contribution in [-0.2, 0) is 0 Å². The van der Waals surface area contributed by atoms with Crippen LogP contribution in [0, 0.1) is 11.3 Å².